The molecule has 0 aliphatic rings. The molecule has 0 bridgehead atoms. The molecule has 0 aromatic heterocycles. The number of rotatable bonds is 21. The summed E-state index contributed by atoms with van der Waals surface area (Å²) in [5.74, 6) is 0.491. The van der Waals surface area contributed by atoms with E-state index in [0.29, 0.717) is 25.2 Å². The van der Waals surface area contributed by atoms with Gasteiger partial charge in [0.05, 0.1) is 6.61 Å². The number of esters is 2. The average molecular weight is 461 g/mol. The van der Waals surface area contributed by atoms with Crippen molar-refractivity contribution in [1.29, 1.82) is 0 Å². The van der Waals surface area contributed by atoms with Gasteiger partial charge in [0.15, 0.2) is 0 Å². The SMILES string of the molecule is CCCCCCCCCCCOC(=O)CCCCCCCCC(=O)Oc1ccccc1CC. The number of carbonyl (C=O) groups is 2. The lowest BCUT2D eigenvalue weighted by atomic mass is 10.1. The summed E-state index contributed by atoms with van der Waals surface area (Å²) in [7, 11) is 0. The Balaban J connectivity index is 1.87. The molecule has 188 valence electrons. The highest BCUT2D eigenvalue weighted by Crippen LogP contribution is 2.19. The number of para-hydroxylation sites is 1. The fraction of sp³-hybridized carbons (Fsp3) is 0.724. The molecular weight excluding hydrogens is 412 g/mol. The van der Waals surface area contributed by atoms with Crippen LogP contribution in [0, 0.1) is 0 Å². The molecule has 0 amide bonds. The first-order valence-corrected chi connectivity index (χ1v) is 13.6. The Kier molecular flexibility index (Phi) is 18.4. The van der Waals surface area contributed by atoms with Gasteiger partial charge in [-0.25, -0.2) is 0 Å². The molecular formula is C29H48O4. The van der Waals surface area contributed by atoms with Crippen molar-refractivity contribution >= 4 is 11.9 Å². The number of unbranched alkanes of at least 4 members (excludes halogenated alkanes) is 13. The average Bonchev–Trinajstić information content (AvgIpc) is 2.82. The van der Waals surface area contributed by atoms with E-state index in [0.717, 1.165) is 56.9 Å². The van der Waals surface area contributed by atoms with Crippen molar-refractivity contribution in [2.75, 3.05) is 6.61 Å². The monoisotopic (exact) mass is 460 g/mol. The zero-order chi connectivity index (χ0) is 24.0. The summed E-state index contributed by atoms with van der Waals surface area (Å²) >= 11 is 0. The first-order valence-electron chi connectivity index (χ1n) is 13.6. The zero-order valence-corrected chi connectivity index (χ0v) is 21.4. The van der Waals surface area contributed by atoms with E-state index in [1.807, 2.05) is 24.3 Å². The van der Waals surface area contributed by atoms with Crippen LogP contribution < -0.4 is 4.74 Å². The van der Waals surface area contributed by atoms with Crippen molar-refractivity contribution in [1.82, 2.24) is 0 Å². The number of carbonyl (C=O) groups excluding carboxylic acids is 2. The van der Waals surface area contributed by atoms with Crippen LogP contribution in [-0.2, 0) is 20.7 Å². The summed E-state index contributed by atoms with van der Waals surface area (Å²) < 4.78 is 10.8. The predicted octanol–water partition coefficient (Wildman–Crippen LogP) is 8.35. The van der Waals surface area contributed by atoms with E-state index in [1.54, 1.807) is 0 Å². The van der Waals surface area contributed by atoms with Gasteiger partial charge in [-0.15, -0.1) is 0 Å². The smallest absolute Gasteiger partial charge is 0.311 e. The molecule has 1 aromatic carbocycles. The maximum Gasteiger partial charge on any atom is 0.311 e. The first-order chi connectivity index (χ1) is 16.2. The van der Waals surface area contributed by atoms with Gasteiger partial charge in [-0.05, 0) is 37.3 Å². The summed E-state index contributed by atoms with van der Waals surface area (Å²) in [5, 5.41) is 0. The van der Waals surface area contributed by atoms with Crippen LogP contribution >= 0.6 is 0 Å². The molecule has 0 spiro atoms. The maximum atomic E-state index is 12.0. The second kappa shape index (κ2) is 20.7. The highest BCUT2D eigenvalue weighted by molar-refractivity contribution is 5.72. The highest BCUT2D eigenvalue weighted by atomic mass is 16.5. The van der Waals surface area contributed by atoms with Crippen LogP contribution in [0.25, 0.3) is 0 Å². The molecule has 0 aliphatic carbocycles. The van der Waals surface area contributed by atoms with Crippen LogP contribution in [0.5, 0.6) is 5.75 Å². The van der Waals surface area contributed by atoms with Gasteiger partial charge in [-0.2, -0.15) is 0 Å². The molecule has 0 aliphatic heterocycles. The molecule has 0 fully saturated rings. The molecule has 0 N–H and O–H groups in total. The number of hydrogen-bond acceptors (Lipinski definition) is 4. The van der Waals surface area contributed by atoms with Crippen molar-refractivity contribution < 1.29 is 19.1 Å². The van der Waals surface area contributed by atoms with Gasteiger partial charge in [0.25, 0.3) is 0 Å². The lowest BCUT2D eigenvalue weighted by Crippen LogP contribution is -2.08. The Morgan fingerprint density at radius 3 is 1.76 bits per heavy atom. The minimum absolute atomic E-state index is 0.0512. The van der Waals surface area contributed by atoms with E-state index < -0.39 is 0 Å². The molecule has 0 saturated heterocycles. The number of aryl methyl sites for hydroxylation is 1. The molecule has 0 saturated carbocycles. The van der Waals surface area contributed by atoms with E-state index in [9.17, 15) is 9.59 Å². The van der Waals surface area contributed by atoms with Crippen LogP contribution in [0.1, 0.15) is 129 Å². The quantitative estimate of drug-likeness (QED) is 0.105. The van der Waals surface area contributed by atoms with Crippen LogP contribution in [0.3, 0.4) is 0 Å². The largest absolute Gasteiger partial charge is 0.466 e. The Bertz CT molecular complexity index is 626. The van der Waals surface area contributed by atoms with Crippen molar-refractivity contribution in [3.63, 3.8) is 0 Å². The van der Waals surface area contributed by atoms with E-state index in [4.69, 9.17) is 9.47 Å². The lowest BCUT2D eigenvalue weighted by molar-refractivity contribution is -0.144. The van der Waals surface area contributed by atoms with E-state index in [2.05, 4.69) is 13.8 Å². The molecule has 33 heavy (non-hydrogen) atoms. The van der Waals surface area contributed by atoms with Crippen LogP contribution in [-0.4, -0.2) is 18.5 Å². The summed E-state index contributed by atoms with van der Waals surface area (Å²) in [4.78, 5) is 23.8. The third-order valence-electron chi connectivity index (χ3n) is 6.10. The molecule has 0 unspecified atom stereocenters. The molecule has 1 rings (SSSR count). The van der Waals surface area contributed by atoms with Crippen molar-refractivity contribution in [3.05, 3.63) is 29.8 Å². The van der Waals surface area contributed by atoms with Gasteiger partial charge in [0.2, 0.25) is 0 Å². The zero-order valence-electron chi connectivity index (χ0n) is 21.4. The minimum atomic E-state index is -0.148. The Labute approximate surface area is 202 Å². The topological polar surface area (TPSA) is 52.6 Å². The molecule has 0 heterocycles. The number of benzene rings is 1. The number of hydrogen-bond donors (Lipinski definition) is 0. The summed E-state index contributed by atoms with van der Waals surface area (Å²) in [5.41, 5.74) is 1.07. The van der Waals surface area contributed by atoms with Crippen molar-refractivity contribution in [3.8, 4) is 5.75 Å². The molecule has 0 atom stereocenters. The second-order valence-corrected chi connectivity index (χ2v) is 9.11. The van der Waals surface area contributed by atoms with Crippen LogP contribution in [0.2, 0.25) is 0 Å². The van der Waals surface area contributed by atoms with Crippen LogP contribution in [0.15, 0.2) is 24.3 Å². The standard InChI is InChI=1S/C29H48O4/c1-3-5-6-7-8-9-12-15-20-25-32-28(30)23-16-13-10-11-14-17-24-29(31)33-27-22-19-18-21-26(27)4-2/h18-19,21-22H,3-17,20,23-25H2,1-2H3. The van der Waals surface area contributed by atoms with E-state index >= 15 is 0 Å². The Morgan fingerprint density at radius 2 is 1.15 bits per heavy atom. The maximum absolute atomic E-state index is 12.0. The van der Waals surface area contributed by atoms with Gasteiger partial charge in [0.1, 0.15) is 5.75 Å². The lowest BCUT2D eigenvalue weighted by Gasteiger charge is -2.08. The van der Waals surface area contributed by atoms with Crippen molar-refractivity contribution in [2.45, 2.75) is 129 Å². The predicted molar refractivity (Wildman–Crippen MR) is 137 cm³/mol. The van der Waals surface area contributed by atoms with E-state index in [1.165, 1.54) is 51.4 Å². The normalized spacial score (nSPS) is 10.8. The van der Waals surface area contributed by atoms with Gasteiger partial charge in [0, 0.05) is 12.8 Å². The summed E-state index contributed by atoms with van der Waals surface area (Å²) in [6.45, 7) is 4.89. The fourth-order valence-electron chi connectivity index (χ4n) is 3.99. The van der Waals surface area contributed by atoms with Gasteiger partial charge in [-0.3, -0.25) is 9.59 Å². The minimum Gasteiger partial charge on any atom is -0.466 e. The third-order valence-corrected chi connectivity index (χ3v) is 6.10. The van der Waals surface area contributed by atoms with E-state index in [-0.39, 0.29) is 11.9 Å². The molecule has 0 radical (unpaired) electrons. The van der Waals surface area contributed by atoms with Crippen molar-refractivity contribution in [2.24, 2.45) is 0 Å². The third kappa shape index (κ3) is 16.4. The first kappa shape index (κ1) is 29.2. The number of ether oxygens (including phenoxy) is 2. The summed E-state index contributed by atoms with van der Waals surface area (Å²) in [6.07, 6.45) is 19.3. The summed E-state index contributed by atoms with van der Waals surface area (Å²) in [6, 6.07) is 7.72. The molecule has 4 heteroatoms. The Morgan fingerprint density at radius 1 is 0.636 bits per heavy atom. The van der Waals surface area contributed by atoms with Gasteiger partial charge < -0.3 is 9.47 Å². The van der Waals surface area contributed by atoms with Gasteiger partial charge in [-0.1, -0.05) is 109 Å². The highest BCUT2D eigenvalue weighted by Gasteiger charge is 2.08. The Hall–Kier alpha value is -1.84. The molecule has 4 nitrogen and oxygen atoms in total. The fourth-order valence-corrected chi connectivity index (χ4v) is 3.99. The van der Waals surface area contributed by atoms with Gasteiger partial charge >= 0.3 is 11.9 Å². The molecule has 1 aromatic rings. The second-order valence-electron chi connectivity index (χ2n) is 9.11. The van der Waals surface area contributed by atoms with Crippen LogP contribution in [0.4, 0.5) is 0 Å².